The summed E-state index contributed by atoms with van der Waals surface area (Å²) < 4.78 is 36.1. The van der Waals surface area contributed by atoms with Gasteiger partial charge in [-0.15, -0.1) is 4.28 Å². The summed E-state index contributed by atoms with van der Waals surface area (Å²) in [6.07, 6.45) is 2.87. The van der Waals surface area contributed by atoms with E-state index in [0.717, 1.165) is 11.3 Å². The van der Waals surface area contributed by atoms with Crippen LogP contribution in [0.5, 0.6) is 0 Å². The molecule has 2 aliphatic rings. The number of aryl methyl sites for hydroxylation is 1. The second-order valence-electron chi connectivity index (χ2n) is 5.44. The molecular formula is C18H37N7O7S. The van der Waals surface area contributed by atoms with Gasteiger partial charge in [-0.3, -0.25) is 29.3 Å². The largest absolute Gasteiger partial charge is 0.418 e. The summed E-state index contributed by atoms with van der Waals surface area (Å²) in [6.45, 7) is 12.5. The molecule has 15 heteroatoms. The van der Waals surface area contributed by atoms with E-state index in [2.05, 4.69) is 24.7 Å². The highest BCUT2D eigenvalue weighted by molar-refractivity contribution is 7.80. The van der Waals surface area contributed by atoms with Gasteiger partial charge in [-0.05, 0) is 0 Å². The molecule has 1 atom stereocenters. The molecule has 2 aliphatic heterocycles. The average molecular weight is 496 g/mol. The normalized spacial score (nSPS) is 15.5. The van der Waals surface area contributed by atoms with Gasteiger partial charge in [0.2, 0.25) is 5.91 Å². The molecule has 0 aromatic carbocycles. The lowest BCUT2D eigenvalue weighted by Gasteiger charge is -2.21. The Morgan fingerprint density at radius 1 is 1.33 bits per heavy atom. The number of nitrogens with one attached hydrogen (secondary N) is 1. The molecule has 14 nitrogen and oxygen atoms in total. The number of amides is 3. The minimum absolute atomic E-state index is 0.147. The summed E-state index contributed by atoms with van der Waals surface area (Å²) in [6, 6.07) is -1.16. The summed E-state index contributed by atoms with van der Waals surface area (Å²) >= 11 is 0. The first-order valence-corrected chi connectivity index (χ1v) is 11.8. The highest BCUT2D eigenvalue weighted by atomic mass is 32.3. The zero-order valence-electron chi connectivity index (χ0n) is 20.5. The van der Waals surface area contributed by atoms with Crippen molar-refractivity contribution in [3.05, 3.63) is 17.5 Å². The topological polar surface area (TPSA) is 182 Å². The Balaban J connectivity index is 0. The molecule has 0 spiro atoms. The van der Waals surface area contributed by atoms with Gasteiger partial charge in [0, 0.05) is 19.7 Å². The third-order valence-corrected chi connectivity index (χ3v) is 3.93. The lowest BCUT2D eigenvalue weighted by molar-refractivity contribution is -0.123. The van der Waals surface area contributed by atoms with Crippen molar-refractivity contribution in [3.8, 4) is 0 Å². The van der Waals surface area contributed by atoms with Gasteiger partial charge < -0.3 is 10.6 Å². The van der Waals surface area contributed by atoms with Crippen molar-refractivity contribution in [2.24, 2.45) is 17.8 Å². The predicted octanol–water partition coefficient (Wildman–Crippen LogP) is 1.18. The van der Waals surface area contributed by atoms with Crippen LogP contribution in [-0.2, 0) is 37.9 Å². The van der Waals surface area contributed by atoms with Gasteiger partial charge in [0.05, 0.1) is 25.0 Å². The van der Waals surface area contributed by atoms with E-state index in [-0.39, 0.29) is 6.61 Å². The number of fused-ring (bicyclic) bond motifs is 4. The van der Waals surface area contributed by atoms with Crippen molar-refractivity contribution in [3.63, 3.8) is 0 Å². The summed E-state index contributed by atoms with van der Waals surface area (Å²) in [5, 5.41) is 4.73. The van der Waals surface area contributed by atoms with Crippen molar-refractivity contribution >= 4 is 28.7 Å². The lowest BCUT2D eigenvalue weighted by atomic mass is 10.1. The fourth-order valence-corrected chi connectivity index (χ4v) is 2.88. The highest BCUT2D eigenvalue weighted by Crippen LogP contribution is 2.37. The maximum atomic E-state index is 11.9. The molecule has 3 amide bonds. The third kappa shape index (κ3) is 10.6. The molecule has 3 rings (SSSR count). The summed E-state index contributed by atoms with van der Waals surface area (Å²) in [7, 11) is -1.41. The Hall–Kier alpha value is -2.75. The van der Waals surface area contributed by atoms with Gasteiger partial charge in [-0.25, -0.2) is 4.79 Å². The van der Waals surface area contributed by atoms with E-state index < -0.39 is 28.4 Å². The Morgan fingerprint density at radius 3 is 2.39 bits per heavy atom. The van der Waals surface area contributed by atoms with Gasteiger partial charge in [0.25, 0.3) is 0 Å². The number of hydrogen-bond donors (Lipinski definition) is 3. The van der Waals surface area contributed by atoms with Crippen molar-refractivity contribution in [2.75, 3.05) is 20.2 Å². The zero-order valence-corrected chi connectivity index (χ0v) is 21.3. The van der Waals surface area contributed by atoms with Crippen molar-refractivity contribution in [2.45, 2.75) is 54.1 Å². The molecular weight excluding hydrogens is 458 g/mol. The highest BCUT2D eigenvalue weighted by Gasteiger charge is 2.47. The first kappa shape index (κ1) is 32.4. The first-order chi connectivity index (χ1) is 15.6. The van der Waals surface area contributed by atoms with Crippen LogP contribution in [0.1, 0.15) is 58.8 Å². The van der Waals surface area contributed by atoms with E-state index in [1.54, 1.807) is 25.0 Å². The molecule has 0 saturated carbocycles. The summed E-state index contributed by atoms with van der Waals surface area (Å²) in [4.78, 5) is 31.3. The minimum atomic E-state index is -4.72. The SMILES string of the molecule is CC.CC.CC.CN=CNOCC(N)=O.Cn1ncc2c1CN1CC2N(OS(=O)(=O)O)C1=O. The van der Waals surface area contributed by atoms with Crippen molar-refractivity contribution < 1.29 is 31.7 Å². The van der Waals surface area contributed by atoms with E-state index in [0.29, 0.717) is 18.2 Å². The molecule has 3 heterocycles. The van der Waals surface area contributed by atoms with E-state index >= 15 is 0 Å². The number of carbonyl (C=O) groups is 2. The van der Waals surface area contributed by atoms with Gasteiger partial charge >= 0.3 is 16.4 Å². The number of hydroxylamine groups is 3. The van der Waals surface area contributed by atoms with Crippen LogP contribution in [0.3, 0.4) is 0 Å². The van der Waals surface area contributed by atoms with E-state index in [9.17, 15) is 18.0 Å². The second kappa shape index (κ2) is 16.8. The van der Waals surface area contributed by atoms with Crippen LogP contribution >= 0.6 is 0 Å². The van der Waals surface area contributed by atoms with Crippen LogP contribution < -0.4 is 11.2 Å². The maximum Gasteiger partial charge on any atom is 0.418 e. The zero-order chi connectivity index (χ0) is 26.2. The fourth-order valence-electron chi connectivity index (χ4n) is 2.51. The standard InChI is InChI=1S/C8H10N4O5S.C4H9N3O2.3C2H6/c1-10-6-3-11-4-7(5(6)2-9-10)12(8(11)13)17-18(14,15)16;1-6-3-7-9-2-4(5)8;3*1-2/h2,7H,3-4H2,1H3,(H,14,15,16);3H,2H2,1H3,(H2,5,8)(H,6,7);3*1-2H3. The molecule has 0 aliphatic carbocycles. The van der Waals surface area contributed by atoms with Crippen LogP contribution in [0.4, 0.5) is 4.79 Å². The molecule has 1 aromatic heterocycles. The molecule has 2 bridgehead atoms. The fraction of sp³-hybridized carbons (Fsp3) is 0.667. The van der Waals surface area contributed by atoms with Crippen LogP contribution in [0, 0.1) is 0 Å². The smallest absolute Gasteiger partial charge is 0.368 e. The molecule has 4 N–H and O–H groups in total. The Labute approximate surface area is 195 Å². The van der Waals surface area contributed by atoms with Crippen LogP contribution in [0.15, 0.2) is 11.2 Å². The predicted molar refractivity (Wildman–Crippen MR) is 123 cm³/mol. The summed E-state index contributed by atoms with van der Waals surface area (Å²) in [5.74, 6) is -0.521. The quantitative estimate of drug-likeness (QED) is 0.171. The molecule has 192 valence electrons. The van der Waals surface area contributed by atoms with Gasteiger partial charge in [0.1, 0.15) is 12.4 Å². The number of hydrogen-bond acceptors (Lipinski definition) is 8. The first-order valence-electron chi connectivity index (χ1n) is 10.5. The Bertz CT molecular complexity index is 843. The van der Waals surface area contributed by atoms with Gasteiger partial charge in [0.15, 0.2) is 6.61 Å². The number of rotatable bonds is 6. The molecule has 1 unspecified atom stereocenters. The lowest BCUT2D eigenvalue weighted by Crippen LogP contribution is -2.32. The van der Waals surface area contributed by atoms with Crippen molar-refractivity contribution in [1.82, 2.24) is 25.2 Å². The van der Waals surface area contributed by atoms with Gasteiger partial charge in [-0.1, -0.05) is 41.5 Å². The number of carbonyl (C=O) groups excluding carboxylic acids is 2. The summed E-state index contributed by atoms with van der Waals surface area (Å²) in [5.41, 5.74) is 8.55. The van der Waals surface area contributed by atoms with Crippen LogP contribution in [0.25, 0.3) is 0 Å². The molecule has 33 heavy (non-hydrogen) atoms. The third-order valence-electron chi connectivity index (χ3n) is 3.58. The van der Waals surface area contributed by atoms with E-state index in [1.807, 2.05) is 41.5 Å². The molecule has 0 radical (unpaired) electrons. The number of urea groups is 1. The second-order valence-corrected chi connectivity index (χ2v) is 6.44. The number of aliphatic imine (C=N–C) groups is 1. The Kier molecular flexibility index (Phi) is 16.5. The number of nitrogens with two attached hydrogens (primary N) is 1. The van der Waals surface area contributed by atoms with Gasteiger partial charge in [-0.2, -0.15) is 18.6 Å². The van der Waals surface area contributed by atoms with Crippen LogP contribution in [0.2, 0.25) is 0 Å². The minimum Gasteiger partial charge on any atom is -0.368 e. The molecule has 1 fully saturated rings. The van der Waals surface area contributed by atoms with E-state index in [1.165, 1.54) is 11.2 Å². The number of primary amides is 1. The van der Waals surface area contributed by atoms with Crippen molar-refractivity contribution in [1.29, 1.82) is 0 Å². The molecule has 1 aromatic rings. The van der Waals surface area contributed by atoms with Crippen LogP contribution in [-0.4, -0.2) is 71.2 Å². The number of nitrogens with zero attached hydrogens (tertiary/aromatic N) is 5. The van der Waals surface area contributed by atoms with E-state index in [4.69, 9.17) is 10.3 Å². The Morgan fingerprint density at radius 2 is 1.91 bits per heavy atom. The molecule has 1 saturated heterocycles. The number of aromatic nitrogens is 2. The maximum absolute atomic E-state index is 11.9. The average Bonchev–Trinajstić information content (AvgIpc) is 3.29. The monoisotopic (exact) mass is 495 g/mol.